The third-order valence-corrected chi connectivity index (χ3v) is 2.24. The number of nitriles is 1. The summed E-state index contributed by atoms with van der Waals surface area (Å²) in [6.07, 6.45) is 3.51. The molecule has 1 N–H and O–H groups in total. The van der Waals surface area contributed by atoms with Crippen molar-refractivity contribution in [2.45, 2.75) is 12.5 Å². The van der Waals surface area contributed by atoms with Crippen LogP contribution in [-0.4, -0.2) is 34.3 Å². The van der Waals surface area contributed by atoms with Crippen LogP contribution < -0.4 is 4.90 Å². The van der Waals surface area contributed by atoms with Gasteiger partial charge in [-0.3, -0.25) is 0 Å². The number of aliphatic hydroxyl groups is 1. The van der Waals surface area contributed by atoms with Crippen LogP contribution in [0.3, 0.4) is 0 Å². The molecule has 0 aliphatic carbocycles. The average molecular weight is 190 g/mol. The van der Waals surface area contributed by atoms with E-state index in [-0.39, 0.29) is 6.10 Å². The van der Waals surface area contributed by atoms with Gasteiger partial charge in [0.1, 0.15) is 11.9 Å². The SMILES string of the molecule is N#Cc1cnc(N2CC[C@@H](O)C2)cn1. The molecule has 1 atom stereocenters. The molecule has 0 aromatic carbocycles. The number of β-amino-alcohol motifs (C(OH)–C–C–N with tert-alkyl or cyclic N) is 1. The molecule has 0 bridgehead atoms. The van der Waals surface area contributed by atoms with E-state index in [0.29, 0.717) is 12.2 Å². The third-order valence-electron chi connectivity index (χ3n) is 2.24. The summed E-state index contributed by atoms with van der Waals surface area (Å²) in [5, 5.41) is 17.8. The van der Waals surface area contributed by atoms with Gasteiger partial charge in [0.05, 0.1) is 18.5 Å². The third kappa shape index (κ3) is 1.65. The molecule has 1 fully saturated rings. The van der Waals surface area contributed by atoms with E-state index >= 15 is 0 Å². The van der Waals surface area contributed by atoms with Crippen molar-refractivity contribution in [2.75, 3.05) is 18.0 Å². The molecule has 0 saturated carbocycles. The van der Waals surface area contributed by atoms with Crippen molar-refractivity contribution in [3.8, 4) is 6.07 Å². The molecule has 5 nitrogen and oxygen atoms in total. The van der Waals surface area contributed by atoms with Crippen LogP contribution in [0.15, 0.2) is 12.4 Å². The first-order valence-corrected chi connectivity index (χ1v) is 4.45. The summed E-state index contributed by atoms with van der Waals surface area (Å²) in [5.41, 5.74) is 0.313. The fourth-order valence-electron chi connectivity index (χ4n) is 1.49. The van der Waals surface area contributed by atoms with Gasteiger partial charge in [0.2, 0.25) is 0 Å². The highest BCUT2D eigenvalue weighted by Crippen LogP contribution is 2.16. The first kappa shape index (κ1) is 8.91. The number of hydrogen-bond acceptors (Lipinski definition) is 5. The van der Waals surface area contributed by atoms with Crippen molar-refractivity contribution in [3.05, 3.63) is 18.1 Å². The largest absolute Gasteiger partial charge is 0.391 e. The number of nitrogens with zero attached hydrogens (tertiary/aromatic N) is 4. The molecule has 0 spiro atoms. The van der Waals surface area contributed by atoms with Crippen LogP contribution in [0, 0.1) is 11.3 Å². The topological polar surface area (TPSA) is 73.0 Å². The summed E-state index contributed by atoms with van der Waals surface area (Å²) in [6, 6.07) is 1.91. The van der Waals surface area contributed by atoms with Gasteiger partial charge >= 0.3 is 0 Å². The lowest BCUT2D eigenvalue weighted by molar-refractivity contribution is 0.198. The van der Waals surface area contributed by atoms with Gasteiger partial charge in [0.25, 0.3) is 0 Å². The molecule has 0 amide bonds. The van der Waals surface area contributed by atoms with Crippen LogP contribution in [0.2, 0.25) is 0 Å². The van der Waals surface area contributed by atoms with Gasteiger partial charge in [-0.1, -0.05) is 0 Å². The van der Waals surface area contributed by atoms with E-state index in [4.69, 9.17) is 5.26 Å². The first-order valence-electron chi connectivity index (χ1n) is 4.45. The highest BCUT2D eigenvalue weighted by atomic mass is 16.3. The highest BCUT2D eigenvalue weighted by Gasteiger charge is 2.21. The fourth-order valence-corrected chi connectivity index (χ4v) is 1.49. The van der Waals surface area contributed by atoms with Gasteiger partial charge in [-0.2, -0.15) is 5.26 Å². The van der Waals surface area contributed by atoms with E-state index in [9.17, 15) is 5.11 Å². The van der Waals surface area contributed by atoms with Gasteiger partial charge in [0.15, 0.2) is 5.69 Å². The lowest BCUT2D eigenvalue weighted by Gasteiger charge is -2.15. The fraction of sp³-hybridized carbons (Fsp3) is 0.444. The summed E-state index contributed by atoms with van der Waals surface area (Å²) in [5.74, 6) is 0.723. The molecule has 0 radical (unpaired) electrons. The minimum atomic E-state index is -0.271. The zero-order valence-electron chi connectivity index (χ0n) is 7.59. The van der Waals surface area contributed by atoms with Crippen LogP contribution in [0.4, 0.5) is 5.82 Å². The standard InChI is InChI=1S/C9H10N4O/c10-3-7-4-12-9(5-11-7)13-2-1-8(14)6-13/h4-5,8,14H,1-2,6H2/t8-/m1/s1. The van der Waals surface area contributed by atoms with Crippen molar-refractivity contribution in [1.29, 1.82) is 5.26 Å². The maximum absolute atomic E-state index is 9.32. The summed E-state index contributed by atoms with van der Waals surface area (Å²) >= 11 is 0. The Morgan fingerprint density at radius 3 is 2.86 bits per heavy atom. The maximum atomic E-state index is 9.32. The van der Waals surface area contributed by atoms with Crippen LogP contribution in [-0.2, 0) is 0 Å². The van der Waals surface area contributed by atoms with Crippen molar-refractivity contribution in [2.24, 2.45) is 0 Å². The normalized spacial score (nSPS) is 20.9. The van der Waals surface area contributed by atoms with Crippen LogP contribution in [0.5, 0.6) is 0 Å². The molecule has 1 aromatic heterocycles. The van der Waals surface area contributed by atoms with Crippen molar-refractivity contribution in [1.82, 2.24) is 9.97 Å². The lowest BCUT2D eigenvalue weighted by atomic mass is 10.3. The molecular weight excluding hydrogens is 180 g/mol. The van der Waals surface area contributed by atoms with Gasteiger partial charge < -0.3 is 10.0 Å². The second-order valence-corrected chi connectivity index (χ2v) is 3.26. The molecule has 2 rings (SSSR count). The van der Waals surface area contributed by atoms with E-state index in [1.165, 1.54) is 6.20 Å². The Kier molecular flexibility index (Phi) is 2.29. The second kappa shape index (κ2) is 3.60. The predicted molar refractivity (Wildman–Crippen MR) is 49.6 cm³/mol. The van der Waals surface area contributed by atoms with Gasteiger partial charge in [-0.25, -0.2) is 9.97 Å². The number of hydrogen-bond donors (Lipinski definition) is 1. The van der Waals surface area contributed by atoms with Crippen LogP contribution in [0.1, 0.15) is 12.1 Å². The van der Waals surface area contributed by atoms with Crippen LogP contribution in [0.25, 0.3) is 0 Å². The summed E-state index contributed by atoms with van der Waals surface area (Å²) in [4.78, 5) is 9.97. The number of anilines is 1. The second-order valence-electron chi connectivity index (χ2n) is 3.26. The Hall–Kier alpha value is -1.67. The minimum absolute atomic E-state index is 0.271. The van der Waals surface area contributed by atoms with Crippen LogP contribution >= 0.6 is 0 Å². The van der Waals surface area contributed by atoms with Gasteiger partial charge in [-0.15, -0.1) is 0 Å². The first-order chi connectivity index (χ1) is 6.79. The van der Waals surface area contributed by atoms with E-state index < -0.39 is 0 Å². The molecule has 72 valence electrons. The van der Waals surface area contributed by atoms with Crippen molar-refractivity contribution in [3.63, 3.8) is 0 Å². The smallest absolute Gasteiger partial charge is 0.158 e. The van der Waals surface area contributed by atoms with Crippen molar-refractivity contribution < 1.29 is 5.11 Å². The Labute approximate surface area is 81.6 Å². The van der Waals surface area contributed by atoms with E-state index in [0.717, 1.165) is 18.8 Å². The molecule has 5 heteroatoms. The molecule has 1 aliphatic heterocycles. The molecular formula is C9H10N4O. The van der Waals surface area contributed by atoms with E-state index in [1.807, 2.05) is 11.0 Å². The Balaban J connectivity index is 2.14. The summed E-state index contributed by atoms with van der Waals surface area (Å²) in [6.45, 7) is 1.39. The molecule has 14 heavy (non-hydrogen) atoms. The average Bonchev–Trinajstić information content (AvgIpc) is 2.65. The monoisotopic (exact) mass is 190 g/mol. The molecule has 1 saturated heterocycles. The molecule has 1 aliphatic rings. The number of aliphatic hydroxyl groups excluding tert-OH is 1. The van der Waals surface area contributed by atoms with E-state index in [2.05, 4.69) is 9.97 Å². The summed E-state index contributed by atoms with van der Waals surface area (Å²) < 4.78 is 0. The Morgan fingerprint density at radius 1 is 1.50 bits per heavy atom. The van der Waals surface area contributed by atoms with E-state index in [1.54, 1.807) is 6.20 Å². The maximum Gasteiger partial charge on any atom is 0.158 e. The van der Waals surface area contributed by atoms with Gasteiger partial charge in [-0.05, 0) is 6.42 Å². The van der Waals surface area contributed by atoms with Crippen molar-refractivity contribution >= 4 is 5.82 Å². The van der Waals surface area contributed by atoms with Gasteiger partial charge in [0, 0.05) is 13.1 Å². The highest BCUT2D eigenvalue weighted by molar-refractivity contribution is 5.38. The zero-order chi connectivity index (χ0) is 9.97. The number of rotatable bonds is 1. The lowest BCUT2D eigenvalue weighted by Crippen LogP contribution is -2.22. The predicted octanol–water partition coefficient (Wildman–Crippen LogP) is -0.0807. The Bertz CT molecular complexity index is 356. The minimum Gasteiger partial charge on any atom is -0.391 e. The Morgan fingerprint density at radius 2 is 2.36 bits per heavy atom. The zero-order valence-corrected chi connectivity index (χ0v) is 7.59. The quantitative estimate of drug-likeness (QED) is 0.670. The molecule has 0 unspecified atom stereocenters. The molecule has 1 aromatic rings. The molecule has 2 heterocycles. The summed E-state index contributed by atoms with van der Waals surface area (Å²) in [7, 11) is 0. The number of aromatic nitrogens is 2.